The van der Waals surface area contributed by atoms with E-state index in [2.05, 4.69) is 0 Å². The fourth-order valence-electron chi connectivity index (χ4n) is 1.59. The third-order valence-electron chi connectivity index (χ3n) is 2.58. The first kappa shape index (κ1) is 12.5. The van der Waals surface area contributed by atoms with Crippen LogP contribution in [-0.2, 0) is 11.2 Å². The second-order valence-corrected chi connectivity index (χ2v) is 4.17. The number of rotatable bonds is 5. The first-order valence-corrected chi connectivity index (χ1v) is 5.32. The molecular weight excluding hydrogens is 204 g/mol. The van der Waals surface area contributed by atoms with Gasteiger partial charge in [0.1, 0.15) is 5.75 Å². The molecule has 0 heterocycles. The van der Waals surface area contributed by atoms with E-state index in [0.29, 0.717) is 12.8 Å². The van der Waals surface area contributed by atoms with Crippen LogP contribution in [0.15, 0.2) is 24.3 Å². The lowest BCUT2D eigenvalue weighted by molar-refractivity contribution is -0.121. The van der Waals surface area contributed by atoms with Crippen LogP contribution in [0, 0.1) is 5.92 Å². The summed E-state index contributed by atoms with van der Waals surface area (Å²) in [7, 11) is 0. The van der Waals surface area contributed by atoms with Gasteiger partial charge >= 0.3 is 0 Å². The van der Waals surface area contributed by atoms with Gasteiger partial charge in [-0.2, -0.15) is 0 Å². The quantitative estimate of drug-likeness (QED) is 0.687. The van der Waals surface area contributed by atoms with Gasteiger partial charge in [0.2, 0.25) is 5.91 Å². The number of nitrogens with two attached hydrogens (primary N) is 2. The van der Waals surface area contributed by atoms with E-state index in [-0.39, 0.29) is 23.6 Å². The zero-order valence-corrected chi connectivity index (χ0v) is 9.39. The Hall–Kier alpha value is -1.55. The summed E-state index contributed by atoms with van der Waals surface area (Å²) in [5.74, 6) is -0.281. The van der Waals surface area contributed by atoms with Crippen molar-refractivity contribution in [3.8, 4) is 5.75 Å². The molecule has 0 saturated carbocycles. The fourth-order valence-corrected chi connectivity index (χ4v) is 1.59. The minimum Gasteiger partial charge on any atom is -0.508 e. The number of aromatic hydroxyl groups is 1. The Balaban J connectivity index is 2.48. The van der Waals surface area contributed by atoms with Crippen molar-refractivity contribution in [3.63, 3.8) is 0 Å². The number of carbonyl (C=O) groups is 1. The van der Waals surface area contributed by atoms with Crippen LogP contribution in [-0.4, -0.2) is 17.1 Å². The summed E-state index contributed by atoms with van der Waals surface area (Å²) >= 11 is 0. The van der Waals surface area contributed by atoms with Crippen molar-refractivity contribution in [2.45, 2.75) is 25.8 Å². The first-order valence-electron chi connectivity index (χ1n) is 5.32. The molecular formula is C12H18N2O2. The average molecular weight is 222 g/mol. The number of phenolic OH excluding ortho intramolecular Hbond substituents is 1. The molecule has 0 aliphatic carbocycles. The van der Waals surface area contributed by atoms with Crippen LogP contribution in [0.25, 0.3) is 0 Å². The van der Waals surface area contributed by atoms with Crippen molar-refractivity contribution >= 4 is 5.91 Å². The van der Waals surface area contributed by atoms with Crippen molar-refractivity contribution in [2.75, 3.05) is 0 Å². The van der Waals surface area contributed by atoms with E-state index >= 15 is 0 Å². The van der Waals surface area contributed by atoms with Crippen molar-refractivity contribution in [1.82, 2.24) is 0 Å². The third kappa shape index (κ3) is 3.90. The minimum atomic E-state index is -0.318. The lowest BCUT2D eigenvalue weighted by Gasteiger charge is -2.14. The maximum atomic E-state index is 10.9. The zero-order chi connectivity index (χ0) is 12.1. The Kier molecular flexibility index (Phi) is 4.31. The molecule has 0 fully saturated rings. The summed E-state index contributed by atoms with van der Waals surface area (Å²) in [5, 5.41) is 9.12. The van der Waals surface area contributed by atoms with E-state index in [1.807, 2.05) is 12.1 Å². The average Bonchev–Trinajstić information content (AvgIpc) is 2.21. The smallest absolute Gasteiger partial charge is 0.220 e. The molecule has 1 rings (SSSR count). The maximum Gasteiger partial charge on any atom is 0.220 e. The lowest BCUT2D eigenvalue weighted by Crippen LogP contribution is -2.30. The second-order valence-electron chi connectivity index (χ2n) is 4.17. The zero-order valence-electron chi connectivity index (χ0n) is 9.39. The Morgan fingerprint density at radius 3 is 2.44 bits per heavy atom. The monoisotopic (exact) mass is 222 g/mol. The van der Waals surface area contributed by atoms with E-state index < -0.39 is 0 Å². The predicted octanol–water partition coefficient (Wildman–Crippen LogP) is 0.774. The van der Waals surface area contributed by atoms with Gasteiger partial charge in [-0.25, -0.2) is 0 Å². The molecule has 2 atom stereocenters. The molecule has 2 unspecified atom stereocenters. The van der Waals surface area contributed by atoms with Gasteiger partial charge in [0.25, 0.3) is 0 Å². The Labute approximate surface area is 95.3 Å². The molecule has 0 aliphatic heterocycles. The normalized spacial score (nSPS) is 14.4. The minimum absolute atomic E-state index is 0.0907. The van der Waals surface area contributed by atoms with Crippen LogP contribution < -0.4 is 11.5 Å². The number of hydrogen-bond acceptors (Lipinski definition) is 3. The summed E-state index contributed by atoms with van der Waals surface area (Å²) in [6.45, 7) is 1.78. The summed E-state index contributed by atoms with van der Waals surface area (Å²) < 4.78 is 0. The molecule has 1 aromatic rings. The van der Waals surface area contributed by atoms with Crippen LogP contribution in [0.3, 0.4) is 0 Å². The number of primary amides is 1. The second kappa shape index (κ2) is 5.51. The highest BCUT2D eigenvalue weighted by Gasteiger charge is 2.14. The standard InChI is InChI=1S/C12H18N2O2/c1-8(12(14)16)6-10(13)7-9-2-4-11(15)5-3-9/h2-5,8,10,15H,6-7,13H2,1H3,(H2,14,16). The SMILES string of the molecule is CC(CC(N)Cc1ccc(O)cc1)C(N)=O. The van der Waals surface area contributed by atoms with E-state index in [1.54, 1.807) is 19.1 Å². The van der Waals surface area contributed by atoms with Crippen LogP contribution in [0.5, 0.6) is 5.75 Å². The van der Waals surface area contributed by atoms with E-state index in [4.69, 9.17) is 16.6 Å². The Bertz CT molecular complexity index is 349. The number of carbonyl (C=O) groups excluding carboxylic acids is 1. The van der Waals surface area contributed by atoms with Gasteiger partial charge in [0.05, 0.1) is 0 Å². The number of amides is 1. The van der Waals surface area contributed by atoms with Crippen molar-refractivity contribution in [3.05, 3.63) is 29.8 Å². The summed E-state index contributed by atoms with van der Waals surface area (Å²) in [6, 6.07) is 6.81. The number of hydrogen-bond donors (Lipinski definition) is 3. The highest BCUT2D eigenvalue weighted by atomic mass is 16.3. The molecule has 0 spiro atoms. The predicted molar refractivity (Wildman–Crippen MR) is 62.8 cm³/mol. The topological polar surface area (TPSA) is 89.3 Å². The van der Waals surface area contributed by atoms with Crippen molar-refractivity contribution in [2.24, 2.45) is 17.4 Å². The summed E-state index contributed by atoms with van der Waals surface area (Å²) in [5.41, 5.74) is 12.1. The van der Waals surface area contributed by atoms with E-state index in [1.165, 1.54) is 0 Å². The Morgan fingerprint density at radius 2 is 1.94 bits per heavy atom. The molecule has 5 N–H and O–H groups in total. The molecule has 4 heteroatoms. The van der Waals surface area contributed by atoms with Gasteiger partial charge in [0.15, 0.2) is 0 Å². The molecule has 16 heavy (non-hydrogen) atoms. The van der Waals surface area contributed by atoms with Gasteiger partial charge in [-0.15, -0.1) is 0 Å². The van der Waals surface area contributed by atoms with Gasteiger partial charge in [-0.1, -0.05) is 19.1 Å². The molecule has 0 bridgehead atoms. The Morgan fingerprint density at radius 1 is 1.38 bits per heavy atom. The third-order valence-corrected chi connectivity index (χ3v) is 2.58. The number of benzene rings is 1. The van der Waals surface area contributed by atoms with E-state index in [9.17, 15) is 4.79 Å². The van der Waals surface area contributed by atoms with Crippen molar-refractivity contribution in [1.29, 1.82) is 0 Å². The van der Waals surface area contributed by atoms with Crippen LogP contribution in [0.1, 0.15) is 18.9 Å². The molecule has 0 aliphatic rings. The molecule has 88 valence electrons. The fraction of sp³-hybridized carbons (Fsp3) is 0.417. The van der Waals surface area contributed by atoms with Crippen LogP contribution in [0.4, 0.5) is 0 Å². The van der Waals surface area contributed by atoms with Crippen molar-refractivity contribution < 1.29 is 9.90 Å². The first-order chi connectivity index (χ1) is 7.49. The molecule has 0 saturated heterocycles. The van der Waals surface area contributed by atoms with Gasteiger partial charge < -0.3 is 16.6 Å². The van der Waals surface area contributed by atoms with Gasteiger partial charge in [0, 0.05) is 12.0 Å². The maximum absolute atomic E-state index is 10.9. The molecule has 1 aromatic carbocycles. The molecule has 0 radical (unpaired) electrons. The lowest BCUT2D eigenvalue weighted by atomic mass is 9.96. The highest BCUT2D eigenvalue weighted by Crippen LogP contribution is 2.13. The van der Waals surface area contributed by atoms with Gasteiger partial charge in [-0.05, 0) is 30.5 Å². The van der Waals surface area contributed by atoms with E-state index in [0.717, 1.165) is 5.56 Å². The summed E-state index contributed by atoms with van der Waals surface area (Å²) in [6.07, 6.45) is 1.26. The van der Waals surface area contributed by atoms with Crippen LogP contribution >= 0.6 is 0 Å². The molecule has 0 aromatic heterocycles. The molecule has 4 nitrogen and oxygen atoms in total. The summed E-state index contributed by atoms with van der Waals surface area (Å²) in [4.78, 5) is 10.9. The van der Waals surface area contributed by atoms with Gasteiger partial charge in [-0.3, -0.25) is 4.79 Å². The molecule has 1 amide bonds. The van der Waals surface area contributed by atoms with Crippen LogP contribution in [0.2, 0.25) is 0 Å². The largest absolute Gasteiger partial charge is 0.508 e. The highest BCUT2D eigenvalue weighted by molar-refractivity contribution is 5.76. The number of phenols is 1.